The van der Waals surface area contributed by atoms with E-state index in [1.54, 1.807) is 6.07 Å². The van der Waals surface area contributed by atoms with E-state index >= 15 is 0 Å². The van der Waals surface area contributed by atoms with E-state index < -0.39 is 0 Å². The number of hydrogen-bond donors (Lipinski definition) is 1. The van der Waals surface area contributed by atoms with Crippen LogP contribution in [0.5, 0.6) is 5.75 Å². The van der Waals surface area contributed by atoms with Gasteiger partial charge >= 0.3 is 0 Å². The van der Waals surface area contributed by atoms with Gasteiger partial charge in [0.2, 0.25) is 0 Å². The van der Waals surface area contributed by atoms with Crippen LogP contribution in [0, 0.1) is 5.82 Å². The molecule has 0 spiro atoms. The van der Waals surface area contributed by atoms with Gasteiger partial charge in [-0.1, -0.05) is 30.3 Å². The van der Waals surface area contributed by atoms with Crippen molar-refractivity contribution < 1.29 is 9.13 Å². The Morgan fingerprint density at radius 3 is 2.68 bits per heavy atom. The van der Waals surface area contributed by atoms with E-state index in [2.05, 4.69) is 0 Å². The van der Waals surface area contributed by atoms with Crippen LogP contribution in [-0.2, 0) is 13.0 Å². The zero-order valence-corrected chi connectivity index (χ0v) is 11.0. The maximum absolute atomic E-state index is 13.1. The Labute approximate surface area is 113 Å². The molecule has 3 heteroatoms. The fraction of sp³-hybridized carbons (Fsp3) is 0.250. The van der Waals surface area contributed by atoms with Crippen LogP contribution < -0.4 is 10.5 Å². The quantitative estimate of drug-likeness (QED) is 0.894. The van der Waals surface area contributed by atoms with E-state index in [0.29, 0.717) is 6.61 Å². The van der Waals surface area contributed by atoms with Crippen LogP contribution >= 0.6 is 0 Å². The third-order valence-corrected chi connectivity index (χ3v) is 2.80. The summed E-state index contributed by atoms with van der Waals surface area (Å²) in [5.74, 6) is 0.564. The van der Waals surface area contributed by atoms with Crippen molar-refractivity contribution in [1.82, 2.24) is 0 Å². The summed E-state index contributed by atoms with van der Waals surface area (Å²) in [7, 11) is 0. The minimum atomic E-state index is -0.245. The van der Waals surface area contributed by atoms with Crippen LogP contribution in [-0.4, -0.2) is 6.04 Å². The summed E-state index contributed by atoms with van der Waals surface area (Å²) < 4.78 is 18.8. The highest BCUT2D eigenvalue weighted by molar-refractivity contribution is 5.34. The number of ether oxygens (including phenoxy) is 1. The number of halogens is 1. The smallest absolute Gasteiger partial charge is 0.123 e. The van der Waals surface area contributed by atoms with Gasteiger partial charge in [-0.2, -0.15) is 0 Å². The highest BCUT2D eigenvalue weighted by Gasteiger charge is 2.06. The summed E-state index contributed by atoms with van der Waals surface area (Å²) in [4.78, 5) is 0. The van der Waals surface area contributed by atoms with Gasteiger partial charge in [-0.05, 0) is 42.7 Å². The van der Waals surface area contributed by atoms with Gasteiger partial charge in [0.25, 0.3) is 0 Å². The number of hydrogen-bond acceptors (Lipinski definition) is 2. The van der Waals surface area contributed by atoms with Gasteiger partial charge in [0, 0.05) is 6.04 Å². The number of nitrogens with two attached hydrogens (primary N) is 1. The molecule has 2 N–H and O–H groups in total. The molecule has 0 aromatic heterocycles. The lowest BCUT2D eigenvalue weighted by atomic mass is 10.1. The summed E-state index contributed by atoms with van der Waals surface area (Å²) in [6, 6.07) is 14.3. The fourth-order valence-corrected chi connectivity index (χ4v) is 1.95. The molecule has 2 aromatic rings. The molecule has 0 amide bonds. The van der Waals surface area contributed by atoms with Crippen molar-refractivity contribution in [3.05, 3.63) is 65.5 Å². The molecule has 2 rings (SSSR count). The van der Waals surface area contributed by atoms with E-state index in [0.717, 1.165) is 23.3 Å². The zero-order chi connectivity index (χ0) is 13.7. The summed E-state index contributed by atoms with van der Waals surface area (Å²) in [6.45, 7) is 2.32. The van der Waals surface area contributed by atoms with Crippen LogP contribution in [0.1, 0.15) is 18.1 Å². The number of rotatable bonds is 5. The van der Waals surface area contributed by atoms with E-state index in [4.69, 9.17) is 10.5 Å². The van der Waals surface area contributed by atoms with Crippen molar-refractivity contribution in [2.24, 2.45) is 5.73 Å². The predicted octanol–water partition coefficient (Wildman–Crippen LogP) is 3.29. The standard InChI is InChI=1S/C16H18FNO/c1-12(18)9-14-6-2-3-8-16(14)19-11-13-5-4-7-15(17)10-13/h2-8,10,12H,9,11,18H2,1H3. The van der Waals surface area contributed by atoms with Gasteiger partial charge in [0.15, 0.2) is 0 Å². The molecule has 0 aliphatic rings. The maximum atomic E-state index is 13.1. The normalized spacial score (nSPS) is 12.2. The lowest BCUT2D eigenvalue weighted by Gasteiger charge is -2.13. The third kappa shape index (κ3) is 4.07. The van der Waals surface area contributed by atoms with Crippen molar-refractivity contribution in [1.29, 1.82) is 0 Å². The average molecular weight is 259 g/mol. The molecule has 1 atom stereocenters. The van der Waals surface area contributed by atoms with Crippen molar-refractivity contribution in [2.45, 2.75) is 26.0 Å². The molecule has 19 heavy (non-hydrogen) atoms. The number of para-hydroxylation sites is 1. The Morgan fingerprint density at radius 2 is 1.95 bits per heavy atom. The molecule has 0 radical (unpaired) electrons. The largest absolute Gasteiger partial charge is 0.489 e. The molecule has 0 aliphatic heterocycles. The minimum absolute atomic E-state index is 0.0823. The summed E-state index contributed by atoms with van der Waals surface area (Å²) in [5, 5.41) is 0. The predicted molar refractivity (Wildman–Crippen MR) is 74.5 cm³/mol. The molecule has 0 saturated heterocycles. The van der Waals surface area contributed by atoms with Gasteiger partial charge < -0.3 is 10.5 Å². The van der Waals surface area contributed by atoms with Gasteiger partial charge in [-0.15, -0.1) is 0 Å². The van der Waals surface area contributed by atoms with Crippen LogP contribution in [0.2, 0.25) is 0 Å². The molecule has 0 saturated carbocycles. The van der Waals surface area contributed by atoms with Gasteiger partial charge in [0.1, 0.15) is 18.2 Å². The molecular weight excluding hydrogens is 241 g/mol. The van der Waals surface area contributed by atoms with E-state index in [-0.39, 0.29) is 11.9 Å². The highest BCUT2D eigenvalue weighted by atomic mass is 19.1. The monoisotopic (exact) mass is 259 g/mol. The van der Waals surface area contributed by atoms with E-state index in [9.17, 15) is 4.39 Å². The summed E-state index contributed by atoms with van der Waals surface area (Å²) >= 11 is 0. The Bertz CT molecular complexity index is 540. The first-order valence-corrected chi connectivity index (χ1v) is 6.36. The van der Waals surface area contributed by atoms with Crippen molar-refractivity contribution >= 4 is 0 Å². The van der Waals surface area contributed by atoms with Crippen LogP contribution in [0.4, 0.5) is 4.39 Å². The average Bonchev–Trinajstić information content (AvgIpc) is 2.37. The zero-order valence-electron chi connectivity index (χ0n) is 11.0. The first-order valence-electron chi connectivity index (χ1n) is 6.36. The lowest BCUT2D eigenvalue weighted by Crippen LogP contribution is -2.18. The SMILES string of the molecule is CC(N)Cc1ccccc1OCc1cccc(F)c1. The Kier molecular flexibility index (Phi) is 4.53. The molecule has 2 aromatic carbocycles. The molecule has 0 aliphatic carbocycles. The topological polar surface area (TPSA) is 35.2 Å². The van der Waals surface area contributed by atoms with Gasteiger partial charge in [-0.3, -0.25) is 0 Å². The number of benzene rings is 2. The second-order valence-corrected chi connectivity index (χ2v) is 4.71. The maximum Gasteiger partial charge on any atom is 0.123 e. The van der Waals surface area contributed by atoms with Crippen molar-refractivity contribution in [3.63, 3.8) is 0 Å². The minimum Gasteiger partial charge on any atom is -0.489 e. The first-order chi connectivity index (χ1) is 9.15. The molecule has 100 valence electrons. The molecule has 0 bridgehead atoms. The highest BCUT2D eigenvalue weighted by Crippen LogP contribution is 2.20. The third-order valence-electron chi connectivity index (χ3n) is 2.80. The van der Waals surface area contributed by atoms with Crippen LogP contribution in [0.15, 0.2) is 48.5 Å². The van der Waals surface area contributed by atoms with E-state index in [1.165, 1.54) is 12.1 Å². The molecule has 2 nitrogen and oxygen atoms in total. The summed E-state index contributed by atoms with van der Waals surface area (Å²) in [5.41, 5.74) is 7.71. The van der Waals surface area contributed by atoms with E-state index in [1.807, 2.05) is 37.3 Å². The molecular formula is C16H18FNO. The summed E-state index contributed by atoms with van der Waals surface area (Å²) in [6.07, 6.45) is 0.763. The lowest BCUT2D eigenvalue weighted by molar-refractivity contribution is 0.302. The van der Waals surface area contributed by atoms with Gasteiger partial charge in [0.05, 0.1) is 0 Å². The van der Waals surface area contributed by atoms with Crippen LogP contribution in [0.25, 0.3) is 0 Å². The van der Waals surface area contributed by atoms with Crippen molar-refractivity contribution in [2.75, 3.05) is 0 Å². The molecule has 0 fully saturated rings. The Hall–Kier alpha value is -1.87. The molecule has 0 heterocycles. The second kappa shape index (κ2) is 6.34. The van der Waals surface area contributed by atoms with Crippen molar-refractivity contribution in [3.8, 4) is 5.75 Å². The Morgan fingerprint density at radius 1 is 1.16 bits per heavy atom. The van der Waals surface area contributed by atoms with Gasteiger partial charge in [-0.25, -0.2) is 4.39 Å². The first kappa shape index (κ1) is 13.6. The van der Waals surface area contributed by atoms with Crippen LogP contribution in [0.3, 0.4) is 0 Å². The molecule has 1 unspecified atom stereocenters. The Balaban J connectivity index is 2.07. The second-order valence-electron chi connectivity index (χ2n) is 4.71. The fourth-order valence-electron chi connectivity index (χ4n) is 1.95.